The second kappa shape index (κ2) is 9.99. The highest BCUT2D eigenvalue weighted by molar-refractivity contribution is 6.01. The van der Waals surface area contributed by atoms with E-state index in [1.165, 1.54) is 32.5 Å². The van der Waals surface area contributed by atoms with Crippen molar-refractivity contribution in [1.82, 2.24) is 19.8 Å². The second-order valence-corrected chi connectivity index (χ2v) is 9.05. The number of piperazine rings is 1. The van der Waals surface area contributed by atoms with E-state index < -0.39 is 48.8 Å². The molecule has 204 valence electrons. The van der Waals surface area contributed by atoms with E-state index in [0.717, 1.165) is 0 Å². The van der Waals surface area contributed by atoms with Gasteiger partial charge in [0.1, 0.15) is 11.9 Å². The van der Waals surface area contributed by atoms with Crippen LogP contribution >= 0.6 is 0 Å². The zero-order chi connectivity index (χ0) is 27.8. The van der Waals surface area contributed by atoms with Crippen molar-refractivity contribution in [2.75, 3.05) is 20.2 Å². The molecular weight excluding hydrogens is 513 g/mol. The first-order chi connectivity index (χ1) is 17.9. The SMILES string of the molecule is C=C(C)OC(=O)N1CCN(C(=O)C(F)(F)F)[C@]2(CC[C@H](Oc3cc4c(O)ncnc4cc3OC)CC2)C1=O. The average molecular weight is 538 g/mol. The molecule has 2 aliphatic rings. The van der Waals surface area contributed by atoms with Crippen molar-refractivity contribution in [3.05, 3.63) is 30.8 Å². The number of hydrogen-bond acceptors (Lipinski definition) is 9. The van der Waals surface area contributed by atoms with Gasteiger partial charge in [0.25, 0.3) is 5.91 Å². The number of nitrogens with zero attached hydrogens (tertiary/aromatic N) is 4. The highest BCUT2D eigenvalue weighted by Crippen LogP contribution is 2.42. The maximum Gasteiger partial charge on any atom is 0.471 e. The highest BCUT2D eigenvalue weighted by Gasteiger charge is 2.59. The number of aromatic nitrogens is 2. The van der Waals surface area contributed by atoms with Crippen LogP contribution in [0.2, 0.25) is 0 Å². The number of halogens is 3. The summed E-state index contributed by atoms with van der Waals surface area (Å²) >= 11 is 0. The lowest BCUT2D eigenvalue weighted by Gasteiger charge is -2.51. The third kappa shape index (κ3) is 4.89. The smallest absolute Gasteiger partial charge is 0.471 e. The number of aromatic hydroxyl groups is 1. The fourth-order valence-corrected chi connectivity index (χ4v) is 4.86. The van der Waals surface area contributed by atoms with Gasteiger partial charge in [0.15, 0.2) is 11.5 Å². The molecule has 11 nitrogen and oxygen atoms in total. The lowest BCUT2D eigenvalue weighted by Crippen LogP contribution is -2.70. The Labute approximate surface area is 214 Å². The number of imide groups is 1. The quantitative estimate of drug-likeness (QED) is 0.583. The van der Waals surface area contributed by atoms with Crippen LogP contribution in [0.5, 0.6) is 17.4 Å². The summed E-state index contributed by atoms with van der Waals surface area (Å²) in [5.41, 5.74) is -1.50. The Morgan fingerprint density at radius 1 is 1.16 bits per heavy atom. The lowest BCUT2D eigenvalue weighted by atomic mass is 9.76. The average Bonchev–Trinajstić information content (AvgIpc) is 2.85. The molecule has 4 rings (SSSR count). The fraction of sp³-hybridized carbons (Fsp3) is 0.458. The zero-order valence-corrected chi connectivity index (χ0v) is 20.6. The summed E-state index contributed by atoms with van der Waals surface area (Å²) in [5, 5.41) is 10.4. The summed E-state index contributed by atoms with van der Waals surface area (Å²) in [6.07, 6.45) is -5.90. The molecule has 0 unspecified atom stereocenters. The summed E-state index contributed by atoms with van der Waals surface area (Å²) in [6.45, 7) is 3.87. The molecule has 1 saturated carbocycles. The van der Waals surface area contributed by atoms with Crippen LogP contribution in [0, 0.1) is 0 Å². The zero-order valence-electron chi connectivity index (χ0n) is 20.6. The van der Waals surface area contributed by atoms with Gasteiger partial charge in [0.05, 0.1) is 29.9 Å². The van der Waals surface area contributed by atoms with Gasteiger partial charge in [-0.05, 0) is 38.7 Å². The number of allylic oxidation sites excluding steroid dienone is 1. The Kier molecular flexibility index (Phi) is 7.08. The van der Waals surface area contributed by atoms with Gasteiger partial charge in [0, 0.05) is 19.2 Å². The summed E-state index contributed by atoms with van der Waals surface area (Å²) in [4.78, 5) is 47.3. The van der Waals surface area contributed by atoms with Crippen molar-refractivity contribution in [3.63, 3.8) is 0 Å². The Balaban J connectivity index is 1.60. The van der Waals surface area contributed by atoms with Crippen LogP contribution in [0.15, 0.2) is 30.8 Å². The first-order valence-corrected chi connectivity index (χ1v) is 11.6. The molecule has 38 heavy (non-hydrogen) atoms. The number of ether oxygens (including phenoxy) is 3. The highest BCUT2D eigenvalue weighted by atomic mass is 19.4. The van der Waals surface area contributed by atoms with Crippen molar-refractivity contribution in [1.29, 1.82) is 0 Å². The number of carbonyl (C=O) groups is 3. The maximum atomic E-state index is 13.4. The standard InChI is InChI=1S/C24H25F3N4O7/c1-13(2)37-22(35)30-8-9-31(21(34)24(25,26)27)23(20(30)33)6-4-14(5-7-23)38-18-10-15-16(11-17(18)36-3)28-12-29-19(15)32/h10-12,14H,1,4-9H2,2-3H3,(H,28,29,32)/t14-,23-. The monoisotopic (exact) mass is 538 g/mol. The summed E-state index contributed by atoms with van der Waals surface area (Å²) in [5.74, 6) is -2.84. The van der Waals surface area contributed by atoms with Crippen molar-refractivity contribution < 1.29 is 46.9 Å². The molecule has 0 bridgehead atoms. The largest absolute Gasteiger partial charge is 0.493 e. The van der Waals surface area contributed by atoms with Crippen molar-refractivity contribution in [2.24, 2.45) is 0 Å². The molecule has 2 heterocycles. The van der Waals surface area contributed by atoms with Gasteiger partial charge in [-0.3, -0.25) is 9.59 Å². The summed E-state index contributed by atoms with van der Waals surface area (Å²) in [7, 11) is 1.41. The van der Waals surface area contributed by atoms with Crippen LogP contribution in [0.3, 0.4) is 0 Å². The van der Waals surface area contributed by atoms with Crippen molar-refractivity contribution in [2.45, 2.75) is 50.4 Å². The van der Waals surface area contributed by atoms with E-state index in [-0.39, 0.29) is 43.1 Å². The van der Waals surface area contributed by atoms with Gasteiger partial charge < -0.3 is 24.2 Å². The molecule has 0 atom stereocenters. The van der Waals surface area contributed by atoms with E-state index in [0.29, 0.717) is 26.5 Å². The Hall–Kier alpha value is -4.10. The van der Waals surface area contributed by atoms with Crippen LogP contribution < -0.4 is 9.47 Å². The molecule has 0 radical (unpaired) electrons. The summed E-state index contributed by atoms with van der Waals surface area (Å²) in [6, 6.07) is 3.02. The van der Waals surface area contributed by atoms with Gasteiger partial charge >= 0.3 is 18.2 Å². The van der Waals surface area contributed by atoms with Gasteiger partial charge in [-0.2, -0.15) is 13.2 Å². The third-order valence-corrected chi connectivity index (χ3v) is 6.63. The molecule has 2 fully saturated rings. The fourth-order valence-electron chi connectivity index (χ4n) is 4.86. The van der Waals surface area contributed by atoms with Crippen LogP contribution in [0.25, 0.3) is 10.9 Å². The van der Waals surface area contributed by atoms with Gasteiger partial charge in [-0.25, -0.2) is 19.7 Å². The topological polar surface area (TPSA) is 131 Å². The predicted octanol–water partition coefficient (Wildman–Crippen LogP) is 3.31. The molecule has 1 aromatic heterocycles. The molecule has 1 aliphatic heterocycles. The third-order valence-electron chi connectivity index (χ3n) is 6.63. The number of rotatable bonds is 4. The minimum absolute atomic E-state index is 0.00326. The van der Waals surface area contributed by atoms with E-state index in [9.17, 15) is 32.7 Å². The van der Waals surface area contributed by atoms with Crippen LogP contribution in [-0.4, -0.2) is 80.8 Å². The van der Waals surface area contributed by atoms with E-state index in [1.807, 2.05) is 0 Å². The lowest BCUT2D eigenvalue weighted by molar-refractivity contribution is -0.199. The van der Waals surface area contributed by atoms with Gasteiger partial charge in [-0.1, -0.05) is 6.58 Å². The number of hydrogen-bond donors (Lipinski definition) is 1. The first kappa shape index (κ1) is 26.9. The van der Waals surface area contributed by atoms with Gasteiger partial charge in [0.2, 0.25) is 5.88 Å². The van der Waals surface area contributed by atoms with E-state index in [1.54, 1.807) is 0 Å². The Morgan fingerprint density at radius 2 is 1.84 bits per heavy atom. The van der Waals surface area contributed by atoms with Crippen LogP contribution in [0.1, 0.15) is 32.6 Å². The minimum atomic E-state index is -5.20. The minimum Gasteiger partial charge on any atom is -0.493 e. The second-order valence-electron chi connectivity index (χ2n) is 9.05. The molecule has 3 amide bonds. The number of fused-ring (bicyclic) bond motifs is 1. The normalized spacial score (nSPS) is 21.9. The summed E-state index contributed by atoms with van der Waals surface area (Å²) < 4.78 is 56.7. The number of carbonyl (C=O) groups excluding carboxylic acids is 3. The maximum absolute atomic E-state index is 13.4. The number of amides is 3. The van der Waals surface area contributed by atoms with E-state index in [4.69, 9.17) is 14.2 Å². The van der Waals surface area contributed by atoms with Crippen LogP contribution in [-0.2, 0) is 14.3 Å². The first-order valence-electron chi connectivity index (χ1n) is 11.6. The number of methoxy groups -OCH3 is 1. The molecular formula is C24H25F3N4O7. The molecule has 2 aromatic rings. The molecule has 1 saturated heterocycles. The Morgan fingerprint density at radius 3 is 2.45 bits per heavy atom. The number of alkyl halides is 3. The molecule has 1 N–H and O–H groups in total. The van der Waals surface area contributed by atoms with E-state index in [2.05, 4.69) is 16.5 Å². The molecule has 1 aliphatic carbocycles. The molecule has 14 heteroatoms. The van der Waals surface area contributed by atoms with Crippen molar-refractivity contribution in [3.8, 4) is 17.4 Å². The number of benzene rings is 1. The van der Waals surface area contributed by atoms with Gasteiger partial charge in [-0.15, -0.1) is 0 Å². The van der Waals surface area contributed by atoms with E-state index >= 15 is 0 Å². The Bertz CT molecular complexity index is 1290. The molecule has 1 spiro atoms. The molecule has 1 aromatic carbocycles. The van der Waals surface area contributed by atoms with Crippen LogP contribution in [0.4, 0.5) is 18.0 Å². The predicted molar refractivity (Wildman–Crippen MR) is 124 cm³/mol. The van der Waals surface area contributed by atoms with Crippen molar-refractivity contribution >= 4 is 28.8 Å².